The molecule has 1 fully saturated rings. The Hall–Kier alpha value is -1.12. The Labute approximate surface area is 58.3 Å². The summed E-state index contributed by atoms with van der Waals surface area (Å²) in [6.45, 7) is 0. The molecule has 0 aliphatic carbocycles. The fourth-order valence-electron chi connectivity index (χ4n) is 1.43. The van der Waals surface area contributed by atoms with Gasteiger partial charge in [0, 0.05) is 12.6 Å². The van der Waals surface area contributed by atoms with E-state index >= 15 is 0 Å². The van der Waals surface area contributed by atoms with Gasteiger partial charge >= 0.3 is 0 Å². The first-order chi connectivity index (χ1) is 4.79. The van der Waals surface area contributed by atoms with Crippen molar-refractivity contribution < 1.29 is 9.59 Å². The summed E-state index contributed by atoms with van der Waals surface area (Å²) in [5, 5.41) is 0. The summed E-state index contributed by atoms with van der Waals surface area (Å²) in [5.41, 5.74) is 0. The second-order valence-corrected chi connectivity index (χ2v) is 2.57. The minimum atomic E-state index is -0.146. The molecule has 0 spiro atoms. The molecule has 0 aromatic heterocycles. The Kier molecular flexibility index (Phi) is 0.952. The van der Waals surface area contributed by atoms with Gasteiger partial charge in [-0.1, -0.05) is 0 Å². The van der Waals surface area contributed by atoms with Crippen LogP contribution in [-0.4, -0.2) is 22.6 Å². The van der Waals surface area contributed by atoms with Gasteiger partial charge in [0.15, 0.2) is 5.78 Å². The molecular weight excluding hydrogens is 130 g/mol. The SMILES string of the molecule is O=C1C=CN2C(=O)CCC12. The van der Waals surface area contributed by atoms with Gasteiger partial charge < -0.3 is 4.90 Å². The molecule has 10 heavy (non-hydrogen) atoms. The summed E-state index contributed by atoms with van der Waals surface area (Å²) < 4.78 is 0. The van der Waals surface area contributed by atoms with Crippen molar-refractivity contribution in [1.82, 2.24) is 4.90 Å². The van der Waals surface area contributed by atoms with E-state index in [0.29, 0.717) is 12.8 Å². The lowest BCUT2D eigenvalue weighted by molar-refractivity contribution is -0.128. The van der Waals surface area contributed by atoms with Crippen LogP contribution in [0.2, 0.25) is 0 Å². The largest absolute Gasteiger partial charge is 0.308 e. The van der Waals surface area contributed by atoms with E-state index in [2.05, 4.69) is 0 Å². The van der Waals surface area contributed by atoms with Gasteiger partial charge in [-0.05, 0) is 12.5 Å². The number of rotatable bonds is 0. The summed E-state index contributed by atoms with van der Waals surface area (Å²) in [6, 6.07) is -0.146. The van der Waals surface area contributed by atoms with Gasteiger partial charge in [0.2, 0.25) is 5.91 Å². The van der Waals surface area contributed by atoms with Crippen molar-refractivity contribution in [1.29, 1.82) is 0 Å². The molecule has 2 heterocycles. The molecule has 1 saturated heterocycles. The van der Waals surface area contributed by atoms with Crippen LogP contribution in [0.5, 0.6) is 0 Å². The molecule has 3 nitrogen and oxygen atoms in total. The highest BCUT2D eigenvalue weighted by Crippen LogP contribution is 2.24. The fraction of sp³-hybridized carbons (Fsp3) is 0.429. The Morgan fingerprint density at radius 2 is 2.30 bits per heavy atom. The number of hydrogen-bond acceptors (Lipinski definition) is 2. The van der Waals surface area contributed by atoms with Crippen molar-refractivity contribution in [2.75, 3.05) is 0 Å². The third kappa shape index (κ3) is 0.546. The monoisotopic (exact) mass is 137 g/mol. The molecular formula is C7H7NO2. The lowest BCUT2D eigenvalue weighted by atomic mass is 10.2. The summed E-state index contributed by atoms with van der Waals surface area (Å²) in [6.07, 6.45) is 4.29. The Balaban J connectivity index is 2.32. The zero-order chi connectivity index (χ0) is 7.14. The van der Waals surface area contributed by atoms with Crippen molar-refractivity contribution in [2.24, 2.45) is 0 Å². The van der Waals surface area contributed by atoms with Crippen LogP contribution >= 0.6 is 0 Å². The first kappa shape index (κ1) is 5.65. The molecule has 0 aromatic rings. The maximum absolute atomic E-state index is 10.9. The second-order valence-electron chi connectivity index (χ2n) is 2.57. The van der Waals surface area contributed by atoms with Crippen LogP contribution in [0.15, 0.2) is 12.3 Å². The van der Waals surface area contributed by atoms with Crippen LogP contribution in [-0.2, 0) is 9.59 Å². The molecule has 0 aromatic carbocycles. The fourth-order valence-corrected chi connectivity index (χ4v) is 1.43. The van der Waals surface area contributed by atoms with E-state index in [-0.39, 0.29) is 17.7 Å². The number of carbonyl (C=O) groups is 2. The number of amides is 1. The van der Waals surface area contributed by atoms with E-state index in [4.69, 9.17) is 0 Å². The van der Waals surface area contributed by atoms with Gasteiger partial charge in [0.05, 0.1) is 6.04 Å². The minimum Gasteiger partial charge on any atom is -0.308 e. The molecule has 0 radical (unpaired) electrons. The van der Waals surface area contributed by atoms with Gasteiger partial charge in [0.25, 0.3) is 0 Å². The molecule has 1 atom stereocenters. The molecule has 2 aliphatic rings. The van der Waals surface area contributed by atoms with Crippen molar-refractivity contribution in [2.45, 2.75) is 18.9 Å². The lowest BCUT2D eigenvalue weighted by Gasteiger charge is -2.10. The second kappa shape index (κ2) is 1.68. The number of fused-ring (bicyclic) bond motifs is 1. The highest BCUT2D eigenvalue weighted by molar-refractivity contribution is 6.02. The Morgan fingerprint density at radius 1 is 1.50 bits per heavy atom. The summed E-state index contributed by atoms with van der Waals surface area (Å²) in [5.74, 6) is 0.151. The predicted molar refractivity (Wildman–Crippen MR) is 34.0 cm³/mol. The first-order valence-corrected chi connectivity index (χ1v) is 3.32. The molecule has 1 amide bonds. The molecule has 0 saturated carbocycles. The average Bonchev–Trinajstić information content (AvgIpc) is 2.41. The summed E-state index contributed by atoms with van der Waals surface area (Å²) >= 11 is 0. The number of ketones is 1. The van der Waals surface area contributed by atoms with E-state index in [1.54, 1.807) is 6.20 Å². The smallest absolute Gasteiger partial charge is 0.227 e. The Morgan fingerprint density at radius 3 is 3.00 bits per heavy atom. The van der Waals surface area contributed by atoms with E-state index in [1.165, 1.54) is 11.0 Å². The van der Waals surface area contributed by atoms with E-state index in [0.717, 1.165) is 0 Å². The van der Waals surface area contributed by atoms with Crippen LogP contribution in [0.3, 0.4) is 0 Å². The van der Waals surface area contributed by atoms with Crippen molar-refractivity contribution in [3.05, 3.63) is 12.3 Å². The van der Waals surface area contributed by atoms with Gasteiger partial charge in [-0.15, -0.1) is 0 Å². The molecule has 3 heteroatoms. The highest BCUT2D eigenvalue weighted by Gasteiger charge is 2.36. The van der Waals surface area contributed by atoms with Gasteiger partial charge in [-0.25, -0.2) is 0 Å². The van der Waals surface area contributed by atoms with Crippen molar-refractivity contribution in [3.63, 3.8) is 0 Å². The molecule has 2 aliphatic heterocycles. The van der Waals surface area contributed by atoms with Gasteiger partial charge in [-0.3, -0.25) is 9.59 Å². The average molecular weight is 137 g/mol. The highest BCUT2D eigenvalue weighted by atomic mass is 16.2. The van der Waals surface area contributed by atoms with Crippen LogP contribution in [0.4, 0.5) is 0 Å². The predicted octanol–water partition coefficient (Wildman–Crippen LogP) is 0.0738. The van der Waals surface area contributed by atoms with E-state index < -0.39 is 0 Å². The number of nitrogens with zero attached hydrogens (tertiary/aromatic N) is 1. The van der Waals surface area contributed by atoms with Crippen LogP contribution in [0.1, 0.15) is 12.8 Å². The third-order valence-electron chi connectivity index (χ3n) is 1.98. The molecule has 2 rings (SSSR count). The maximum atomic E-state index is 10.9. The zero-order valence-corrected chi connectivity index (χ0v) is 5.41. The number of carbonyl (C=O) groups excluding carboxylic acids is 2. The van der Waals surface area contributed by atoms with Crippen LogP contribution in [0.25, 0.3) is 0 Å². The molecule has 1 unspecified atom stereocenters. The van der Waals surface area contributed by atoms with Crippen LogP contribution in [0, 0.1) is 0 Å². The van der Waals surface area contributed by atoms with E-state index in [9.17, 15) is 9.59 Å². The molecule has 52 valence electrons. The quantitative estimate of drug-likeness (QED) is 0.474. The normalized spacial score (nSPS) is 30.0. The Bertz CT molecular complexity index is 232. The van der Waals surface area contributed by atoms with Gasteiger partial charge in [0.1, 0.15) is 0 Å². The van der Waals surface area contributed by atoms with Crippen LogP contribution < -0.4 is 0 Å². The minimum absolute atomic E-state index is 0.0749. The van der Waals surface area contributed by atoms with Crippen molar-refractivity contribution >= 4 is 11.7 Å². The van der Waals surface area contributed by atoms with Gasteiger partial charge in [-0.2, -0.15) is 0 Å². The topological polar surface area (TPSA) is 37.4 Å². The standard InChI is InChI=1S/C7H7NO2/c9-6-3-4-8-5(6)1-2-7(8)10/h3-5H,1-2H2. The summed E-state index contributed by atoms with van der Waals surface area (Å²) in [4.78, 5) is 23.4. The van der Waals surface area contributed by atoms with E-state index in [1.807, 2.05) is 0 Å². The summed E-state index contributed by atoms with van der Waals surface area (Å²) in [7, 11) is 0. The number of hydrogen-bond donors (Lipinski definition) is 0. The third-order valence-corrected chi connectivity index (χ3v) is 1.98. The first-order valence-electron chi connectivity index (χ1n) is 3.32. The van der Waals surface area contributed by atoms with Crippen molar-refractivity contribution in [3.8, 4) is 0 Å². The maximum Gasteiger partial charge on any atom is 0.227 e. The molecule has 0 N–H and O–H groups in total. The molecule has 0 bridgehead atoms. The lowest BCUT2D eigenvalue weighted by Crippen LogP contribution is -2.27. The zero-order valence-electron chi connectivity index (χ0n) is 5.41.